The first kappa shape index (κ1) is 14.3. The van der Waals surface area contributed by atoms with E-state index in [2.05, 4.69) is 6.58 Å². The van der Waals surface area contributed by atoms with Crippen LogP contribution >= 0.6 is 0 Å². The van der Waals surface area contributed by atoms with Crippen LogP contribution in [0, 0.1) is 5.41 Å². The highest BCUT2D eigenvalue weighted by atomic mass is 16.6. The lowest BCUT2D eigenvalue weighted by molar-refractivity contribution is -0.150. The third-order valence-electron chi connectivity index (χ3n) is 2.35. The van der Waals surface area contributed by atoms with Gasteiger partial charge in [0.15, 0.2) is 6.10 Å². The van der Waals surface area contributed by atoms with Crippen LogP contribution in [0.3, 0.4) is 0 Å². The van der Waals surface area contributed by atoms with Gasteiger partial charge in [0.25, 0.3) is 0 Å². The van der Waals surface area contributed by atoms with Gasteiger partial charge in [-0.25, -0.2) is 0 Å². The molecule has 0 radical (unpaired) electrons. The molecule has 1 unspecified atom stereocenters. The molecule has 0 N–H and O–H groups in total. The summed E-state index contributed by atoms with van der Waals surface area (Å²) < 4.78 is 10.9. The molecular weight excluding hydrogens is 228 g/mol. The average molecular weight is 248 g/mol. The summed E-state index contributed by atoms with van der Waals surface area (Å²) in [6, 6.07) is 9.32. The molecule has 18 heavy (non-hydrogen) atoms. The van der Waals surface area contributed by atoms with E-state index in [9.17, 15) is 4.79 Å². The Labute approximate surface area is 108 Å². The second-order valence-electron chi connectivity index (χ2n) is 5.24. The molecule has 0 fully saturated rings. The van der Waals surface area contributed by atoms with E-state index in [0.29, 0.717) is 11.5 Å². The molecule has 3 heteroatoms. The SMILES string of the molecule is C=C(Oc1ccccc1)C(OC(C)=O)C(C)(C)C. The number of esters is 1. The Hall–Kier alpha value is -1.77. The zero-order valence-electron chi connectivity index (χ0n) is 11.4. The monoisotopic (exact) mass is 248 g/mol. The normalized spacial score (nSPS) is 12.7. The lowest BCUT2D eigenvalue weighted by Crippen LogP contribution is -2.34. The summed E-state index contributed by atoms with van der Waals surface area (Å²) in [6.45, 7) is 11.2. The van der Waals surface area contributed by atoms with Gasteiger partial charge in [-0.1, -0.05) is 45.5 Å². The largest absolute Gasteiger partial charge is 0.458 e. The fourth-order valence-electron chi connectivity index (χ4n) is 1.58. The van der Waals surface area contributed by atoms with Gasteiger partial charge in [-0.15, -0.1) is 0 Å². The summed E-state index contributed by atoms with van der Waals surface area (Å²) in [5.74, 6) is 0.778. The molecule has 0 spiro atoms. The van der Waals surface area contributed by atoms with Crippen molar-refractivity contribution in [1.29, 1.82) is 0 Å². The zero-order chi connectivity index (χ0) is 13.8. The van der Waals surface area contributed by atoms with Gasteiger partial charge in [0.05, 0.1) is 0 Å². The number of carbonyl (C=O) groups excluding carboxylic acids is 1. The van der Waals surface area contributed by atoms with Gasteiger partial charge in [-0.2, -0.15) is 0 Å². The third kappa shape index (κ3) is 4.24. The topological polar surface area (TPSA) is 35.5 Å². The maximum absolute atomic E-state index is 11.1. The predicted molar refractivity (Wildman–Crippen MR) is 71.2 cm³/mol. The minimum Gasteiger partial charge on any atom is -0.458 e. The number of carbonyl (C=O) groups is 1. The molecule has 1 atom stereocenters. The molecule has 1 rings (SSSR count). The molecule has 0 bridgehead atoms. The summed E-state index contributed by atoms with van der Waals surface area (Å²) in [6.07, 6.45) is -0.477. The van der Waals surface area contributed by atoms with Crippen LogP contribution in [0.4, 0.5) is 0 Å². The number of hydrogen-bond donors (Lipinski definition) is 0. The Balaban J connectivity index is 2.80. The van der Waals surface area contributed by atoms with Crippen LogP contribution < -0.4 is 4.74 Å². The summed E-state index contributed by atoms with van der Waals surface area (Å²) in [7, 11) is 0. The van der Waals surface area contributed by atoms with Gasteiger partial charge in [0.2, 0.25) is 0 Å². The first-order valence-electron chi connectivity index (χ1n) is 5.89. The maximum atomic E-state index is 11.1. The minimum atomic E-state index is -0.477. The Bertz CT molecular complexity index is 415. The van der Waals surface area contributed by atoms with Crippen molar-refractivity contribution < 1.29 is 14.3 Å². The molecule has 0 heterocycles. The summed E-state index contributed by atoms with van der Waals surface area (Å²) in [5, 5.41) is 0. The lowest BCUT2D eigenvalue weighted by atomic mass is 9.88. The molecule has 0 saturated heterocycles. The Morgan fingerprint density at radius 1 is 1.22 bits per heavy atom. The van der Waals surface area contributed by atoms with Crippen molar-refractivity contribution in [2.24, 2.45) is 5.41 Å². The second kappa shape index (κ2) is 5.71. The van der Waals surface area contributed by atoms with Gasteiger partial charge in [-0.05, 0) is 12.1 Å². The van der Waals surface area contributed by atoms with E-state index in [4.69, 9.17) is 9.47 Å². The summed E-state index contributed by atoms with van der Waals surface area (Å²) in [4.78, 5) is 11.1. The van der Waals surface area contributed by atoms with Gasteiger partial charge >= 0.3 is 5.97 Å². The van der Waals surface area contributed by atoms with E-state index >= 15 is 0 Å². The van der Waals surface area contributed by atoms with Crippen molar-refractivity contribution in [1.82, 2.24) is 0 Å². The molecule has 0 aromatic heterocycles. The highest BCUT2D eigenvalue weighted by Crippen LogP contribution is 2.29. The number of rotatable bonds is 4. The summed E-state index contributed by atoms with van der Waals surface area (Å²) >= 11 is 0. The van der Waals surface area contributed by atoms with Crippen LogP contribution in [-0.4, -0.2) is 12.1 Å². The van der Waals surface area contributed by atoms with Crippen LogP contribution in [-0.2, 0) is 9.53 Å². The lowest BCUT2D eigenvalue weighted by Gasteiger charge is -2.30. The molecule has 1 aromatic rings. The number of para-hydroxylation sites is 1. The molecule has 1 aromatic carbocycles. The van der Waals surface area contributed by atoms with E-state index in [1.807, 2.05) is 51.1 Å². The zero-order valence-corrected chi connectivity index (χ0v) is 11.4. The predicted octanol–water partition coefficient (Wildman–Crippen LogP) is 3.56. The Morgan fingerprint density at radius 3 is 2.22 bits per heavy atom. The van der Waals surface area contributed by atoms with E-state index in [1.54, 1.807) is 0 Å². The van der Waals surface area contributed by atoms with Gasteiger partial charge in [0.1, 0.15) is 11.5 Å². The number of benzene rings is 1. The Kier molecular flexibility index (Phi) is 4.54. The van der Waals surface area contributed by atoms with Crippen LogP contribution in [0.25, 0.3) is 0 Å². The maximum Gasteiger partial charge on any atom is 0.303 e. The van der Waals surface area contributed by atoms with Gasteiger partial charge in [-0.3, -0.25) is 4.79 Å². The number of ether oxygens (including phenoxy) is 2. The van der Waals surface area contributed by atoms with E-state index < -0.39 is 6.10 Å². The van der Waals surface area contributed by atoms with E-state index in [0.717, 1.165) is 0 Å². The molecular formula is C15H20O3. The highest BCUT2D eigenvalue weighted by molar-refractivity contribution is 5.66. The van der Waals surface area contributed by atoms with Gasteiger partial charge in [0, 0.05) is 12.3 Å². The van der Waals surface area contributed by atoms with E-state index in [-0.39, 0.29) is 11.4 Å². The fraction of sp³-hybridized carbons (Fsp3) is 0.400. The molecule has 0 amide bonds. The average Bonchev–Trinajstić information content (AvgIpc) is 2.25. The quantitative estimate of drug-likeness (QED) is 0.603. The van der Waals surface area contributed by atoms with Crippen LogP contribution in [0.5, 0.6) is 5.75 Å². The van der Waals surface area contributed by atoms with Crippen molar-refractivity contribution in [3.63, 3.8) is 0 Å². The Morgan fingerprint density at radius 2 is 1.78 bits per heavy atom. The summed E-state index contributed by atoms with van der Waals surface area (Å²) in [5.41, 5.74) is -0.266. The van der Waals surface area contributed by atoms with Crippen molar-refractivity contribution in [3.05, 3.63) is 42.7 Å². The van der Waals surface area contributed by atoms with Crippen LogP contribution in [0.2, 0.25) is 0 Å². The first-order valence-corrected chi connectivity index (χ1v) is 5.89. The van der Waals surface area contributed by atoms with Gasteiger partial charge < -0.3 is 9.47 Å². The van der Waals surface area contributed by atoms with Crippen LogP contribution in [0.15, 0.2) is 42.7 Å². The van der Waals surface area contributed by atoms with E-state index in [1.165, 1.54) is 6.92 Å². The molecule has 0 aliphatic carbocycles. The molecule has 0 aliphatic rings. The first-order chi connectivity index (χ1) is 8.30. The van der Waals surface area contributed by atoms with Crippen LogP contribution in [0.1, 0.15) is 27.7 Å². The van der Waals surface area contributed by atoms with Crippen molar-refractivity contribution in [2.45, 2.75) is 33.8 Å². The van der Waals surface area contributed by atoms with Crippen molar-refractivity contribution in [3.8, 4) is 5.75 Å². The standard InChI is InChI=1S/C15H20O3/c1-11(17-13-9-7-6-8-10-13)14(15(3,4)5)18-12(2)16/h6-10,14H,1H2,2-5H3. The number of hydrogen-bond acceptors (Lipinski definition) is 3. The molecule has 98 valence electrons. The van der Waals surface area contributed by atoms with Crippen molar-refractivity contribution in [2.75, 3.05) is 0 Å². The van der Waals surface area contributed by atoms with Crippen molar-refractivity contribution >= 4 is 5.97 Å². The smallest absolute Gasteiger partial charge is 0.303 e. The fourth-order valence-corrected chi connectivity index (χ4v) is 1.58. The molecule has 0 saturated carbocycles. The molecule has 3 nitrogen and oxygen atoms in total. The molecule has 0 aliphatic heterocycles. The highest BCUT2D eigenvalue weighted by Gasteiger charge is 2.31. The minimum absolute atomic E-state index is 0.266. The second-order valence-corrected chi connectivity index (χ2v) is 5.24. The third-order valence-corrected chi connectivity index (χ3v) is 2.35.